The van der Waals surface area contributed by atoms with Crippen LogP contribution >= 0.6 is 27.5 Å². The normalized spacial score (nSPS) is 11.9. The Bertz CT molecular complexity index is 960. The molecule has 0 bridgehead atoms. The summed E-state index contributed by atoms with van der Waals surface area (Å²) in [4.78, 5) is 15.2. The van der Waals surface area contributed by atoms with Crippen molar-refractivity contribution in [1.82, 2.24) is 10.3 Å². The molecular formula is C20H22BrClN2O2. The minimum absolute atomic E-state index is 0.378. The quantitative estimate of drug-likeness (QED) is 0.478. The number of benzene rings is 2. The van der Waals surface area contributed by atoms with Crippen molar-refractivity contribution >= 4 is 55.4 Å². The lowest BCUT2D eigenvalue weighted by molar-refractivity contribution is 0.0527. The number of nitrogens with one attached hydrogen (secondary N) is 2. The largest absolute Gasteiger partial charge is 0.444 e. The second-order valence-corrected chi connectivity index (χ2v) is 8.69. The molecule has 0 aliphatic rings. The first kappa shape index (κ1) is 19.1. The lowest BCUT2D eigenvalue weighted by Crippen LogP contribution is -2.33. The van der Waals surface area contributed by atoms with Crippen LogP contribution in [0.5, 0.6) is 0 Å². The Kier molecular flexibility index (Phi) is 5.49. The standard InChI is InChI=1S/C20H22BrClN2O2/c1-20(2,3)26-19(25)23-8-4-5-12-9-13(21)10-16-15-11-14(22)6-7-17(15)24-18(12)16/h6-7,9-11,24H,4-5,8H2,1-3H3,(H,23,25). The SMILES string of the molecule is CC(C)(C)OC(=O)NCCCc1cc(Br)cc2c1[nH]c1ccc(Cl)cc12. The molecule has 1 amide bonds. The zero-order valence-electron chi connectivity index (χ0n) is 15.1. The zero-order valence-corrected chi connectivity index (χ0v) is 17.4. The molecule has 0 unspecified atom stereocenters. The first-order valence-corrected chi connectivity index (χ1v) is 9.76. The number of aromatic nitrogens is 1. The highest BCUT2D eigenvalue weighted by atomic mass is 79.9. The molecule has 0 spiro atoms. The summed E-state index contributed by atoms with van der Waals surface area (Å²) in [6.45, 7) is 6.13. The Labute approximate surface area is 166 Å². The number of hydrogen-bond donors (Lipinski definition) is 2. The van der Waals surface area contributed by atoms with E-state index in [0.717, 1.165) is 44.1 Å². The van der Waals surface area contributed by atoms with Crippen molar-refractivity contribution in [3.05, 3.63) is 45.4 Å². The van der Waals surface area contributed by atoms with Gasteiger partial charge in [-0.2, -0.15) is 0 Å². The predicted molar refractivity (Wildman–Crippen MR) is 111 cm³/mol. The van der Waals surface area contributed by atoms with Crippen LogP contribution in [-0.4, -0.2) is 23.2 Å². The maximum absolute atomic E-state index is 11.7. The van der Waals surface area contributed by atoms with Gasteiger partial charge in [-0.15, -0.1) is 0 Å². The summed E-state index contributed by atoms with van der Waals surface area (Å²) in [5.74, 6) is 0. The fourth-order valence-corrected chi connectivity index (χ4v) is 3.66. The number of alkyl carbamates (subject to hydrolysis) is 1. The van der Waals surface area contributed by atoms with Crippen LogP contribution in [0.4, 0.5) is 4.79 Å². The first-order chi connectivity index (χ1) is 12.2. The number of amides is 1. The van der Waals surface area contributed by atoms with Crippen molar-refractivity contribution < 1.29 is 9.53 Å². The summed E-state index contributed by atoms with van der Waals surface area (Å²) in [5.41, 5.74) is 2.90. The second-order valence-electron chi connectivity index (χ2n) is 7.33. The number of ether oxygens (including phenoxy) is 1. The molecule has 0 saturated heterocycles. The van der Waals surface area contributed by atoms with E-state index in [2.05, 4.69) is 38.4 Å². The second kappa shape index (κ2) is 7.49. The van der Waals surface area contributed by atoms with E-state index >= 15 is 0 Å². The smallest absolute Gasteiger partial charge is 0.407 e. The molecular weight excluding hydrogens is 416 g/mol. The molecule has 6 heteroatoms. The molecule has 0 fully saturated rings. The highest BCUT2D eigenvalue weighted by Crippen LogP contribution is 2.32. The van der Waals surface area contributed by atoms with Gasteiger partial charge in [0.05, 0.1) is 0 Å². The molecule has 4 nitrogen and oxygen atoms in total. The van der Waals surface area contributed by atoms with Crippen molar-refractivity contribution in [1.29, 1.82) is 0 Å². The van der Waals surface area contributed by atoms with Gasteiger partial charge >= 0.3 is 6.09 Å². The van der Waals surface area contributed by atoms with Crippen molar-refractivity contribution in [2.24, 2.45) is 0 Å². The topological polar surface area (TPSA) is 54.1 Å². The maximum Gasteiger partial charge on any atom is 0.407 e. The van der Waals surface area contributed by atoms with E-state index < -0.39 is 5.60 Å². The number of aryl methyl sites for hydroxylation is 1. The molecule has 0 aliphatic carbocycles. The average molecular weight is 438 g/mol. The molecule has 2 aromatic carbocycles. The molecule has 0 aliphatic heterocycles. The fraction of sp³-hybridized carbons (Fsp3) is 0.350. The fourth-order valence-electron chi connectivity index (χ4n) is 2.99. The molecule has 0 radical (unpaired) electrons. The van der Waals surface area contributed by atoms with Crippen LogP contribution in [0.1, 0.15) is 32.8 Å². The van der Waals surface area contributed by atoms with Crippen LogP contribution in [0.15, 0.2) is 34.8 Å². The summed E-state index contributed by atoms with van der Waals surface area (Å²) >= 11 is 9.76. The van der Waals surface area contributed by atoms with Crippen molar-refractivity contribution in [2.45, 2.75) is 39.2 Å². The number of H-pyrrole nitrogens is 1. The molecule has 3 rings (SSSR count). The molecule has 138 valence electrons. The molecule has 1 heterocycles. The molecule has 2 N–H and O–H groups in total. The van der Waals surface area contributed by atoms with Crippen LogP contribution in [0.2, 0.25) is 5.02 Å². The van der Waals surface area contributed by atoms with Crippen LogP contribution in [0, 0.1) is 0 Å². The van der Waals surface area contributed by atoms with Crippen molar-refractivity contribution in [3.63, 3.8) is 0 Å². The minimum atomic E-state index is -0.480. The number of halogens is 2. The monoisotopic (exact) mass is 436 g/mol. The zero-order chi connectivity index (χ0) is 18.9. The number of rotatable bonds is 4. The van der Waals surface area contributed by atoms with Gasteiger partial charge in [0.25, 0.3) is 0 Å². The summed E-state index contributed by atoms with van der Waals surface area (Å²) in [6, 6.07) is 10.1. The van der Waals surface area contributed by atoms with E-state index in [1.165, 1.54) is 5.56 Å². The van der Waals surface area contributed by atoms with E-state index in [-0.39, 0.29) is 6.09 Å². The Morgan fingerprint density at radius 2 is 2.00 bits per heavy atom. The van der Waals surface area contributed by atoms with Gasteiger partial charge in [-0.1, -0.05) is 27.5 Å². The van der Waals surface area contributed by atoms with Crippen LogP contribution in [-0.2, 0) is 11.2 Å². The molecule has 3 aromatic rings. The Balaban J connectivity index is 1.74. The summed E-state index contributed by atoms with van der Waals surface area (Å²) in [5, 5.41) is 5.79. The van der Waals surface area contributed by atoms with Crippen LogP contribution in [0.3, 0.4) is 0 Å². The van der Waals surface area contributed by atoms with Gasteiger partial charge < -0.3 is 15.0 Å². The van der Waals surface area contributed by atoms with Gasteiger partial charge in [0.1, 0.15) is 5.60 Å². The predicted octanol–water partition coefficient (Wildman–Crippen LogP) is 6.19. The molecule has 26 heavy (non-hydrogen) atoms. The number of carbonyl (C=O) groups is 1. The third kappa shape index (κ3) is 4.51. The summed E-state index contributed by atoms with van der Waals surface area (Å²) in [7, 11) is 0. The van der Waals surface area contributed by atoms with Crippen molar-refractivity contribution in [2.75, 3.05) is 6.54 Å². The van der Waals surface area contributed by atoms with Crippen LogP contribution < -0.4 is 5.32 Å². The van der Waals surface area contributed by atoms with Gasteiger partial charge in [0, 0.05) is 37.8 Å². The van der Waals surface area contributed by atoms with Gasteiger partial charge in [-0.25, -0.2) is 4.79 Å². The highest BCUT2D eigenvalue weighted by molar-refractivity contribution is 9.10. The number of hydrogen-bond acceptors (Lipinski definition) is 2. The average Bonchev–Trinajstić information content (AvgIpc) is 2.88. The number of carbonyl (C=O) groups excluding carboxylic acids is 1. The maximum atomic E-state index is 11.7. The van der Waals surface area contributed by atoms with Gasteiger partial charge in [0.15, 0.2) is 0 Å². The first-order valence-electron chi connectivity index (χ1n) is 8.59. The third-order valence-corrected chi connectivity index (χ3v) is 4.70. The highest BCUT2D eigenvalue weighted by Gasteiger charge is 2.15. The van der Waals surface area contributed by atoms with Crippen LogP contribution in [0.25, 0.3) is 21.8 Å². The van der Waals surface area contributed by atoms with E-state index in [4.69, 9.17) is 16.3 Å². The van der Waals surface area contributed by atoms with Gasteiger partial charge in [-0.3, -0.25) is 0 Å². The van der Waals surface area contributed by atoms with E-state index in [9.17, 15) is 4.79 Å². The lowest BCUT2D eigenvalue weighted by atomic mass is 10.1. The molecule has 1 aromatic heterocycles. The Morgan fingerprint density at radius 1 is 1.23 bits per heavy atom. The third-order valence-electron chi connectivity index (χ3n) is 4.01. The number of aromatic amines is 1. The Hall–Kier alpha value is -1.72. The van der Waals surface area contributed by atoms with E-state index in [1.54, 1.807) is 0 Å². The van der Waals surface area contributed by atoms with Gasteiger partial charge in [-0.05, 0) is 69.5 Å². The van der Waals surface area contributed by atoms with Gasteiger partial charge in [0.2, 0.25) is 0 Å². The molecule has 0 atom stereocenters. The number of fused-ring (bicyclic) bond motifs is 3. The summed E-state index contributed by atoms with van der Waals surface area (Å²) in [6.07, 6.45) is 1.28. The van der Waals surface area contributed by atoms with E-state index in [0.29, 0.717) is 6.54 Å². The Morgan fingerprint density at radius 3 is 2.73 bits per heavy atom. The van der Waals surface area contributed by atoms with Crippen molar-refractivity contribution in [3.8, 4) is 0 Å². The summed E-state index contributed by atoms with van der Waals surface area (Å²) < 4.78 is 6.28. The van der Waals surface area contributed by atoms with E-state index in [1.807, 2.05) is 39.0 Å². The lowest BCUT2D eigenvalue weighted by Gasteiger charge is -2.19. The minimum Gasteiger partial charge on any atom is -0.444 e. The molecule has 0 saturated carbocycles.